The summed E-state index contributed by atoms with van der Waals surface area (Å²) in [5, 5.41) is 0. The van der Waals surface area contributed by atoms with Crippen LogP contribution in [-0.4, -0.2) is 42.3 Å². The van der Waals surface area contributed by atoms with E-state index in [2.05, 4.69) is 11.9 Å². The van der Waals surface area contributed by atoms with Crippen LogP contribution in [0, 0.1) is 0 Å². The van der Waals surface area contributed by atoms with E-state index in [1.807, 2.05) is 0 Å². The normalized spacial score (nSPS) is 38.2. The monoisotopic (exact) mass is 280 g/mol. The Morgan fingerprint density at radius 2 is 1.75 bits per heavy atom. The molecule has 0 aromatic rings. The number of rotatable bonds is 2. The fourth-order valence-corrected chi connectivity index (χ4v) is 4.81. The average molecular weight is 280 g/mol. The van der Waals surface area contributed by atoms with Crippen LogP contribution < -0.4 is 5.73 Å². The summed E-state index contributed by atoms with van der Waals surface area (Å²) in [4.78, 5) is 2.63. The molecule has 3 unspecified atom stereocenters. The van der Waals surface area contributed by atoms with E-state index in [1.165, 1.54) is 70.6 Å². The van der Waals surface area contributed by atoms with E-state index >= 15 is 0 Å². The topological polar surface area (TPSA) is 38.5 Å². The molecular formula is C17H32N2O. The lowest BCUT2D eigenvalue weighted by atomic mass is 9.77. The zero-order valence-corrected chi connectivity index (χ0v) is 13.2. The van der Waals surface area contributed by atoms with Gasteiger partial charge in [-0.2, -0.15) is 0 Å². The van der Waals surface area contributed by atoms with Gasteiger partial charge in [0.2, 0.25) is 0 Å². The van der Waals surface area contributed by atoms with Gasteiger partial charge in [0.05, 0.1) is 5.60 Å². The predicted molar refractivity (Wildman–Crippen MR) is 82.8 cm³/mol. The molecule has 2 aliphatic carbocycles. The third kappa shape index (κ3) is 3.05. The van der Waals surface area contributed by atoms with E-state index in [9.17, 15) is 0 Å². The molecule has 3 nitrogen and oxygen atoms in total. The van der Waals surface area contributed by atoms with E-state index in [-0.39, 0.29) is 5.60 Å². The zero-order valence-electron chi connectivity index (χ0n) is 13.2. The summed E-state index contributed by atoms with van der Waals surface area (Å²) in [5.41, 5.74) is 6.60. The highest BCUT2D eigenvalue weighted by molar-refractivity contribution is 4.95. The summed E-state index contributed by atoms with van der Waals surface area (Å²) in [6, 6.07) is 1.68. The minimum absolute atomic E-state index is 0.216. The van der Waals surface area contributed by atoms with E-state index < -0.39 is 0 Å². The van der Waals surface area contributed by atoms with Crippen molar-refractivity contribution in [2.24, 2.45) is 5.73 Å². The quantitative estimate of drug-likeness (QED) is 0.845. The van der Waals surface area contributed by atoms with Crippen LogP contribution in [0.2, 0.25) is 0 Å². The fraction of sp³-hybridized carbons (Fsp3) is 1.00. The van der Waals surface area contributed by atoms with Crippen LogP contribution >= 0.6 is 0 Å². The third-order valence-electron chi connectivity index (χ3n) is 6.11. The molecule has 20 heavy (non-hydrogen) atoms. The van der Waals surface area contributed by atoms with Crippen molar-refractivity contribution >= 4 is 0 Å². The molecule has 1 aliphatic heterocycles. The number of hydrogen-bond donors (Lipinski definition) is 1. The molecule has 0 aromatic carbocycles. The second kappa shape index (κ2) is 6.33. The van der Waals surface area contributed by atoms with Crippen LogP contribution in [0.4, 0.5) is 0 Å². The summed E-state index contributed by atoms with van der Waals surface area (Å²) in [6.07, 6.45) is 14.3. The lowest BCUT2D eigenvalue weighted by Crippen LogP contribution is -2.56. The zero-order chi connectivity index (χ0) is 14.0. The van der Waals surface area contributed by atoms with Crippen molar-refractivity contribution in [2.45, 2.75) is 94.4 Å². The molecule has 3 rings (SSSR count). The lowest BCUT2D eigenvalue weighted by Gasteiger charge is -2.48. The number of ether oxygens (including phenoxy) is 1. The van der Waals surface area contributed by atoms with Crippen LogP contribution in [0.3, 0.4) is 0 Å². The minimum atomic E-state index is 0.216. The van der Waals surface area contributed by atoms with Crippen LogP contribution in [-0.2, 0) is 4.74 Å². The summed E-state index contributed by atoms with van der Waals surface area (Å²) in [6.45, 7) is 0.955. The van der Waals surface area contributed by atoms with Gasteiger partial charge in [-0.05, 0) is 45.6 Å². The Morgan fingerprint density at radius 3 is 2.50 bits per heavy atom. The van der Waals surface area contributed by atoms with E-state index in [0.29, 0.717) is 18.1 Å². The Balaban J connectivity index is 1.63. The van der Waals surface area contributed by atoms with Crippen molar-refractivity contribution in [2.75, 3.05) is 13.7 Å². The van der Waals surface area contributed by atoms with E-state index in [0.717, 1.165) is 6.61 Å². The molecular weight excluding hydrogens is 248 g/mol. The van der Waals surface area contributed by atoms with Gasteiger partial charge in [-0.1, -0.05) is 32.1 Å². The van der Waals surface area contributed by atoms with Crippen molar-refractivity contribution in [1.82, 2.24) is 4.90 Å². The Hall–Kier alpha value is -0.120. The highest BCUT2D eigenvalue weighted by Gasteiger charge is 2.41. The molecule has 1 heterocycles. The Morgan fingerprint density at radius 1 is 1.00 bits per heavy atom. The summed E-state index contributed by atoms with van der Waals surface area (Å²) in [5.74, 6) is 0. The third-order valence-corrected chi connectivity index (χ3v) is 6.11. The molecule has 2 N–H and O–H groups in total. The Labute approximate surface area is 124 Å². The molecule has 3 fully saturated rings. The van der Waals surface area contributed by atoms with Gasteiger partial charge in [-0.15, -0.1) is 0 Å². The maximum atomic E-state index is 6.38. The van der Waals surface area contributed by atoms with Crippen LogP contribution in [0.1, 0.15) is 70.6 Å². The molecule has 3 atom stereocenters. The van der Waals surface area contributed by atoms with Crippen molar-refractivity contribution in [3.05, 3.63) is 0 Å². The van der Waals surface area contributed by atoms with Gasteiger partial charge >= 0.3 is 0 Å². The molecule has 2 saturated carbocycles. The van der Waals surface area contributed by atoms with Crippen molar-refractivity contribution in [1.29, 1.82) is 0 Å². The largest absolute Gasteiger partial charge is 0.375 e. The van der Waals surface area contributed by atoms with E-state index in [4.69, 9.17) is 10.5 Å². The van der Waals surface area contributed by atoms with E-state index in [1.54, 1.807) is 0 Å². The van der Waals surface area contributed by atoms with Gasteiger partial charge in [0.1, 0.15) is 0 Å². The number of nitrogens with two attached hydrogens (primary N) is 1. The first-order chi connectivity index (χ1) is 9.70. The molecule has 3 aliphatic rings. The van der Waals surface area contributed by atoms with Crippen LogP contribution in [0.5, 0.6) is 0 Å². The molecule has 0 aromatic heterocycles. The van der Waals surface area contributed by atoms with Crippen LogP contribution in [0.25, 0.3) is 0 Å². The highest BCUT2D eigenvalue weighted by atomic mass is 16.5. The van der Waals surface area contributed by atoms with Gasteiger partial charge in [0.25, 0.3) is 0 Å². The summed E-state index contributed by atoms with van der Waals surface area (Å²) >= 11 is 0. The SMILES string of the molecule is CN(C1CCOC2(CCCCC2)C1)C1CCCCC1N. The number of hydrogen-bond acceptors (Lipinski definition) is 3. The van der Waals surface area contributed by atoms with Crippen LogP contribution in [0.15, 0.2) is 0 Å². The maximum absolute atomic E-state index is 6.38. The molecule has 0 amide bonds. The smallest absolute Gasteiger partial charge is 0.0697 e. The highest BCUT2D eigenvalue weighted by Crippen LogP contribution is 2.40. The molecule has 0 bridgehead atoms. The molecule has 1 saturated heterocycles. The standard InChI is InChI=1S/C17H32N2O/c1-19(16-8-4-3-7-15(16)18)14-9-12-20-17(13-14)10-5-2-6-11-17/h14-16H,2-13,18H2,1H3. The first-order valence-corrected chi connectivity index (χ1v) is 8.82. The molecule has 116 valence electrons. The van der Waals surface area contributed by atoms with Crippen molar-refractivity contribution in [3.8, 4) is 0 Å². The van der Waals surface area contributed by atoms with Gasteiger partial charge < -0.3 is 10.5 Å². The maximum Gasteiger partial charge on any atom is 0.0697 e. The van der Waals surface area contributed by atoms with Gasteiger partial charge in [-0.3, -0.25) is 4.90 Å². The first-order valence-electron chi connectivity index (χ1n) is 8.82. The Bertz CT molecular complexity index is 309. The molecule has 1 spiro atoms. The van der Waals surface area contributed by atoms with Gasteiger partial charge in [0, 0.05) is 24.7 Å². The summed E-state index contributed by atoms with van der Waals surface area (Å²) < 4.78 is 6.24. The first kappa shape index (κ1) is 14.8. The Kier molecular flexibility index (Phi) is 4.68. The van der Waals surface area contributed by atoms with Crippen molar-refractivity contribution < 1.29 is 4.74 Å². The molecule has 0 radical (unpaired) electrons. The van der Waals surface area contributed by atoms with Gasteiger partial charge in [0.15, 0.2) is 0 Å². The van der Waals surface area contributed by atoms with Crippen molar-refractivity contribution in [3.63, 3.8) is 0 Å². The summed E-state index contributed by atoms with van der Waals surface area (Å²) in [7, 11) is 2.32. The lowest BCUT2D eigenvalue weighted by molar-refractivity contribution is -0.127. The predicted octanol–water partition coefficient (Wildman–Crippen LogP) is 3.07. The fourth-order valence-electron chi connectivity index (χ4n) is 4.81. The average Bonchev–Trinajstić information content (AvgIpc) is 2.48. The molecule has 3 heteroatoms. The minimum Gasteiger partial charge on any atom is -0.375 e. The second-order valence-corrected chi connectivity index (χ2v) is 7.42. The number of likely N-dealkylation sites (N-methyl/N-ethyl adjacent to an activating group) is 1. The number of nitrogens with zero attached hydrogens (tertiary/aromatic N) is 1. The second-order valence-electron chi connectivity index (χ2n) is 7.42. The van der Waals surface area contributed by atoms with Gasteiger partial charge in [-0.25, -0.2) is 0 Å².